The standard InChI is InChI=1S/C17H12F2N4/c1-9-7-11(18)3-5-13(9)17-20-10(2)16-22-21-14-8-12(19)4-6-15(14)23(16)17/h3-8H,1-2H3. The van der Waals surface area contributed by atoms with Crippen molar-refractivity contribution in [2.24, 2.45) is 0 Å². The molecule has 114 valence electrons. The van der Waals surface area contributed by atoms with E-state index < -0.39 is 0 Å². The van der Waals surface area contributed by atoms with Crippen LogP contribution >= 0.6 is 0 Å². The summed E-state index contributed by atoms with van der Waals surface area (Å²) >= 11 is 0. The molecule has 0 saturated heterocycles. The van der Waals surface area contributed by atoms with Gasteiger partial charge in [-0.3, -0.25) is 4.40 Å². The molecule has 0 bridgehead atoms. The number of aryl methyl sites for hydroxylation is 2. The number of benzene rings is 2. The van der Waals surface area contributed by atoms with Crippen molar-refractivity contribution in [3.05, 3.63) is 59.3 Å². The largest absolute Gasteiger partial charge is 0.273 e. The van der Waals surface area contributed by atoms with Gasteiger partial charge in [0.25, 0.3) is 0 Å². The van der Waals surface area contributed by atoms with Crippen LogP contribution in [0.2, 0.25) is 0 Å². The van der Waals surface area contributed by atoms with Gasteiger partial charge in [-0.25, -0.2) is 13.8 Å². The molecule has 23 heavy (non-hydrogen) atoms. The fraction of sp³-hybridized carbons (Fsp3) is 0.118. The Kier molecular flexibility index (Phi) is 2.87. The van der Waals surface area contributed by atoms with Crippen LogP contribution in [0.5, 0.6) is 0 Å². The van der Waals surface area contributed by atoms with E-state index in [1.54, 1.807) is 12.1 Å². The van der Waals surface area contributed by atoms with Gasteiger partial charge in [-0.2, -0.15) is 0 Å². The normalized spacial score (nSPS) is 11.5. The molecule has 6 heteroatoms. The van der Waals surface area contributed by atoms with Gasteiger partial charge in [0.1, 0.15) is 23.0 Å². The summed E-state index contributed by atoms with van der Waals surface area (Å²) in [5.74, 6) is -0.0282. The van der Waals surface area contributed by atoms with Crippen LogP contribution in [0.3, 0.4) is 0 Å². The average molecular weight is 310 g/mol. The molecular weight excluding hydrogens is 298 g/mol. The van der Waals surface area contributed by atoms with E-state index >= 15 is 0 Å². The third-order valence-corrected chi connectivity index (χ3v) is 3.88. The molecule has 0 aliphatic heterocycles. The van der Waals surface area contributed by atoms with Crippen molar-refractivity contribution in [1.82, 2.24) is 19.6 Å². The van der Waals surface area contributed by atoms with Gasteiger partial charge in [-0.05, 0) is 49.7 Å². The van der Waals surface area contributed by atoms with E-state index in [4.69, 9.17) is 0 Å². The van der Waals surface area contributed by atoms with E-state index in [0.717, 1.165) is 11.1 Å². The number of hydrogen-bond donors (Lipinski definition) is 0. The molecule has 4 aromatic rings. The molecule has 0 N–H and O–H groups in total. The summed E-state index contributed by atoms with van der Waals surface area (Å²) in [4.78, 5) is 4.57. The maximum atomic E-state index is 13.4. The van der Waals surface area contributed by atoms with Gasteiger partial charge >= 0.3 is 0 Å². The van der Waals surface area contributed by atoms with Crippen molar-refractivity contribution in [3.63, 3.8) is 0 Å². The Bertz CT molecular complexity index is 1070. The van der Waals surface area contributed by atoms with Crippen molar-refractivity contribution in [2.45, 2.75) is 13.8 Å². The lowest BCUT2D eigenvalue weighted by Gasteiger charge is -2.07. The first-order chi connectivity index (χ1) is 11.0. The van der Waals surface area contributed by atoms with Crippen LogP contribution in [0, 0.1) is 25.5 Å². The topological polar surface area (TPSA) is 43.1 Å². The highest BCUT2D eigenvalue weighted by Crippen LogP contribution is 2.28. The molecule has 0 saturated carbocycles. The Morgan fingerprint density at radius 1 is 0.913 bits per heavy atom. The number of nitrogens with zero attached hydrogens (tertiary/aromatic N) is 4. The number of aromatic nitrogens is 4. The van der Waals surface area contributed by atoms with E-state index in [0.29, 0.717) is 28.2 Å². The highest BCUT2D eigenvalue weighted by molar-refractivity contribution is 5.80. The molecule has 2 heterocycles. The van der Waals surface area contributed by atoms with Crippen molar-refractivity contribution >= 4 is 16.7 Å². The van der Waals surface area contributed by atoms with E-state index in [1.165, 1.54) is 24.3 Å². The summed E-state index contributed by atoms with van der Waals surface area (Å²) in [5.41, 5.74) is 4.02. The van der Waals surface area contributed by atoms with Gasteiger partial charge in [0, 0.05) is 11.6 Å². The lowest BCUT2D eigenvalue weighted by Crippen LogP contribution is -1.98. The van der Waals surface area contributed by atoms with Gasteiger partial charge in [-0.1, -0.05) is 0 Å². The maximum absolute atomic E-state index is 13.4. The van der Waals surface area contributed by atoms with Gasteiger partial charge in [-0.15, -0.1) is 10.2 Å². The van der Waals surface area contributed by atoms with E-state index in [1.807, 2.05) is 18.2 Å². The third-order valence-electron chi connectivity index (χ3n) is 3.88. The average Bonchev–Trinajstić information content (AvgIpc) is 2.84. The molecule has 4 rings (SSSR count). The van der Waals surface area contributed by atoms with Gasteiger partial charge in [0.2, 0.25) is 0 Å². The minimum atomic E-state index is -0.373. The molecular formula is C17H12F2N4. The van der Waals surface area contributed by atoms with E-state index in [-0.39, 0.29) is 11.6 Å². The monoisotopic (exact) mass is 310 g/mol. The molecule has 0 amide bonds. The van der Waals surface area contributed by atoms with Crippen LogP contribution in [-0.2, 0) is 0 Å². The van der Waals surface area contributed by atoms with E-state index in [9.17, 15) is 8.78 Å². The molecule has 2 aromatic carbocycles. The Hall–Kier alpha value is -2.89. The number of fused-ring (bicyclic) bond motifs is 3. The zero-order valence-electron chi connectivity index (χ0n) is 12.5. The molecule has 0 spiro atoms. The number of rotatable bonds is 1. The van der Waals surface area contributed by atoms with Crippen LogP contribution < -0.4 is 0 Å². The van der Waals surface area contributed by atoms with Crippen LogP contribution in [0.4, 0.5) is 8.78 Å². The van der Waals surface area contributed by atoms with Crippen LogP contribution in [0.15, 0.2) is 36.4 Å². The fourth-order valence-corrected chi connectivity index (χ4v) is 2.79. The van der Waals surface area contributed by atoms with Crippen LogP contribution in [0.1, 0.15) is 11.3 Å². The fourth-order valence-electron chi connectivity index (χ4n) is 2.79. The minimum Gasteiger partial charge on any atom is -0.273 e. The van der Waals surface area contributed by atoms with E-state index in [2.05, 4.69) is 15.2 Å². The molecule has 0 unspecified atom stereocenters. The Morgan fingerprint density at radius 3 is 2.43 bits per heavy atom. The lowest BCUT2D eigenvalue weighted by molar-refractivity contribution is 0.626. The smallest absolute Gasteiger partial charge is 0.183 e. The molecule has 2 aromatic heterocycles. The summed E-state index contributed by atoms with van der Waals surface area (Å²) in [6.07, 6.45) is 0. The Balaban J connectivity index is 2.14. The molecule has 0 aliphatic carbocycles. The number of halogens is 2. The second-order valence-corrected chi connectivity index (χ2v) is 5.47. The van der Waals surface area contributed by atoms with Crippen LogP contribution in [0.25, 0.3) is 28.1 Å². The van der Waals surface area contributed by atoms with Crippen molar-refractivity contribution in [2.75, 3.05) is 0 Å². The molecule has 0 fully saturated rings. The van der Waals surface area contributed by atoms with Gasteiger partial charge in [0.05, 0.1) is 11.2 Å². The predicted octanol–water partition coefficient (Wildman–Crippen LogP) is 3.84. The summed E-state index contributed by atoms with van der Waals surface area (Å²) in [7, 11) is 0. The number of hydrogen-bond acceptors (Lipinski definition) is 3. The molecule has 0 atom stereocenters. The highest BCUT2D eigenvalue weighted by atomic mass is 19.1. The molecule has 0 radical (unpaired) electrons. The van der Waals surface area contributed by atoms with Crippen LogP contribution in [-0.4, -0.2) is 19.6 Å². The lowest BCUT2D eigenvalue weighted by atomic mass is 10.1. The second-order valence-electron chi connectivity index (χ2n) is 5.47. The maximum Gasteiger partial charge on any atom is 0.183 e. The molecule has 4 nitrogen and oxygen atoms in total. The zero-order chi connectivity index (χ0) is 16.1. The summed E-state index contributed by atoms with van der Waals surface area (Å²) < 4.78 is 28.7. The first-order valence-corrected chi connectivity index (χ1v) is 7.12. The first kappa shape index (κ1) is 13.8. The second kappa shape index (κ2) is 4.81. The third kappa shape index (κ3) is 2.06. The van der Waals surface area contributed by atoms with Crippen molar-refractivity contribution in [1.29, 1.82) is 0 Å². The molecule has 0 aliphatic rings. The quantitative estimate of drug-likeness (QED) is 0.536. The minimum absolute atomic E-state index is 0.296. The first-order valence-electron chi connectivity index (χ1n) is 7.12. The highest BCUT2D eigenvalue weighted by Gasteiger charge is 2.16. The predicted molar refractivity (Wildman–Crippen MR) is 83.1 cm³/mol. The van der Waals surface area contributed by atoms with Gasteiger partial charge in [0.15, 0.2) is 5.65 Å². The zero-order valence-corrected chi connectivity index (χ0v) is 12.5. The number of imidazole rings is 1. The van der Waals surface area contributed by atoms with Gasteiger partial charge < -0.3 is 0 Å². The SMILES string of the molecule is Cc1cc(F)ccc1-c1nc(C)c2nnc3cc(F)ccc3n12. The van der Waals surface area contributed by atoms with Crippen molar-refractivity contribution < 1.29 is 8.78 Å². The van der Waals surface area contributed by atoms with Crippen molar-refractivity contribution in [3.8, 4) is 11.4 Å². The Labute approximate surface area is 130 Å². The summed E-state index contributed by atoms with van der Waals surface area (Å²) in [6, 6.07) is 8.90. The summed E-state index contributed by atoms with van der Waals surface area (Å²) in [6.45, 7) is 3.66. The summed E-state index contributed by atoms with van der Waals surface area (Å²) in [5, 5.41) is 8.22. The Morgan fingerprint density at radius 2 is 1.65 bits per heavy atom.